The molecule has 0 aliphatic heterocycles. The van der Waals surface area contributed by atoms with Gasteiger partial charge in [0.15, 0.2) is 0 Å². The number of anilines is 2. The third-order valence-corrected chi connectivity index (χ3v) is 3.88. The van der Waals surface area contributed by atoms with Gasteiger partial charge in [-0.2, -0.15) is 0 Å². The minimum Gasteiger partial charge on any atom is -0.495 e. The normalized spacial score (nSPS) is 11.6. The number of hydrogen-bond acceptors (Lipinski definition) is 3. The predicted molar refractivity (Wildman–Crippen MR) is 103 cm³/mol. The van der Waals surface area contributed by atoms with E-state index in [-0.39, 0.29) is 23.9 Å². The van der Waals surface area contributed by atoms with Crippen molar-refractivity contribution in [3.63, 3.8) is 0 Å². The topological polar surface area (TPSA) is 79.5 Å². The number of amides is 3. The van der Waals surface area contributed by atoms with Crippen molar-refractivity contribution in [2.45, 2.75) is 26.8 Å². The Kier molecular flexibility index (Phi) is 6.60. The molecule has 2 aromatic carbocycles. The molecule has 1 atom stereocenters. The van der Waals surface area contributed by atoms with Crippen molar-refractivity contribution in [2.75, 3.05) is 17.7 Å². The molecule has 6 nitrogen and oxygen atoms in total. The molecule has 0 saturated heterocycles. The van der Waals surface area contributed by atoms with E-state index in [0.29, 0.717) is 17.1 Å². The summed E-state index contributed by atoms with van der Waals surface area (Å²) < 4.78 is 5.29. The van der Waals surface area contributed by atoms with Gasteiger partial charge in [0.1, 0.15) is 5.75 Å². The first-order valence-corrected chi connectivity index (χ1v) is 8.48. The number of methoxy groups -OCH3 is 1. The number of urea groups is 1. The molecule has 0 aliphatic rings. The molecule has 0 unspecified atom stereocenters. The molecule has 0 saturated carbocycles. The lowest BCUT2D eigenvalue weighted by atomic mass is 9.96. The average Bonchev–Trinajstić information content (AvgIpc) is 2.60. The van der Waals surface area contributed by atoms with Gasteiger partial charge in [-0.05, 0) is 29.7 Å². The van der Waals surface area contributed by atoms with Gasteiger partial charge in [0.05, 0.1) is 18.8 Å². The van der Waals surface area contributed by atoms with Crippen LogP contribution in [-0.2, 0) is 4.79 Å². The van der Waals surface area contributed by atoms with E-state index >= 15 is 0 Å². The van der Waals surface area contributed by atoms with Crippen LogP contribution in [0.5, 0.6) is 5.75 Å². The highest BCUT2D eigenvalue weighted by Crippen LogP contribution is 2.28. The van der Waals surface area contributed by atoms with Gasteiger partial charge in [-0.1, -0.05) is 44.2 Å². The number of carbonyl (C=O) groups excluding carboxylic acids is 2. The Morgan fingerprint density at radius 1 is 1.00 bits per heavy atom. The summed E-state index contributed by atoms with van der Waals surface area (Å²) >= 11 is 0. The van der Waals surface area contributed by atoms with Crippen molar-refractivity contribution in [1.29, 1.82) is 0 Å². The Balaban J connectivity index is 2.16. The second-order valence-electron chi connectivity index (χ2n) is 6.33. The summed E-state index contributed by atoms with van der Waals surface area (Å²) in [4.78, 5) is 23.8. The van der Waals surface area contributed by atoms with Gasteiger partial charge in [0.25, 0.3) is 0 Å². The van der Waals surface area contributed by atoms with Gasteiger partial charge >= 0.3 is 6.03 Å². The van der Waals surface area contributed by atoms with Crippen LogP contribution >= 0.6 is 0 Å². The third-order valence-electron chi connectivity index (χ3n) is 3.88. The molecule has 0 bridgehead atoms. The molecule has 2 aromatic rings. The van der Waals surface area contributed by atoms with E-state index in [9.17, 15) is 9.59 Å². The molecule has 0 aromatic heterocycles. The van der Waals surface area contributed by atoms with E-state index in [1.165, 1.54) is 14.0 Å². The second-order valence-corrected chi connectivity index (χ2v) is 6.33. The van der Waals surface area contributed by atoms with Crippen LogP contribution in [-0.4, -0.2) is 19.0 Å². The van der Waals surface area contributed by atoms with Gasteiger partial charge in [-0.3, -0.25) is 4.79 Å². The number of benzene rings is 2. The minimum absolute atomic E-state index is 0.124. The van der Waals surface area contributed by atoms with Crippen LogP contribution < -0.4 is 20.7 Å². The summed E-state index contributed by atoms with van der Waals surface area (Å²) in [6.07, 6.45) is 0. The maximum atomic E-state index is 12.5. The largest absolute Gasteiger partial charge is 0.495 e. The fraction of sp³-hybridized carbons (Fsp3) is 0.300. The molecule has 3 N–H and O–H groups in total. The smallest absolute Gasteiger partial charge is 0.319 e. The summed E-state index contributed by atoms with van der Waals surface area (Å²) in [5.74, 6) is 0.542. The van der Waals surface area contributed by atoms with Gasteiger partial charge in [0, 0.05) is 12.6 Å². The lowest BCUT2D eigenvalue weighted by Crippen LogP contribution is -2.35. The monoisotopic (exact) mass is 355 g/mol. The van der Waals surface area contributed by atoms with Crippen molar-refractivity contribution < 1.29 is 14.3 Å². The van der Waals surface area contributed by atoms with Gasteiger partial charge < -0.3 is 20.7 Å². The first-order chi connectivity index (χ1) is 12.4. The van der Waals surface area contributed by atoms with Crippen LogP contribution in [0.2, 0.25) is 0 Å². The standard InChI is InChI=1S/C20H25N3O3/c1-13(2)19(15-8-6-5-7-9-15)23-20(25)22-17-12-16(21-14(3)24)10-11-18(17)26-4/h5-13,19H,1-4H3,(H,21,24)(H2,22,23,25)/t19-/m1/s1. The maximum Gasteiger partial charge on any atom is 0.319 e. The molecule has 3 amide bonds. The highest BCUT2D eigenvalue weighted by molar-refractivity contribution is 5.94. The maximum absolute atomic E-state index is 12.5. The molecule has 138 valence electrons. The van der Waals surface area contributed by atoms with Gasteiger partial charge in [-0.25, -0.2) is 4.79 Å². The van der Waals surface area contributed by atoms with Crippen LogP contribution in [0.15, 0.2) is 48.5 Å². The Labute approximate surface area is 153 Å². The lowest BCUT2D eigenvalue weighted by molar-refractivity contribution is -0.114. The van der Waals surface area contributed by atoms with Crippen LogP contribution in [0.25, 0.3) is 0 Å². The van der Waals surface area contributed by atoms with Gasteiger partial charge in [-0.15, -0.1) is 0 Å². The molecule has 6 heteroatoms. The van der Waals surface area contributed by atoms with Crippen LogP contribution in [0.3, 0.4) is 0 Å². The number of nitrogens with one attached hydrogen (secondary N) is 3. The molecule has 0 aliphatic carbocycles. The van der Waals surface area contributed by atoms with Gasteiger partial charge in [0.2, 0.25) is 5.91 Å². The SMILES string of the molecule is COc1ccc(NC(C)=O)cc1NC(=O)N[C@@H](c1ccccc1)C(C)C. The number of rotatable bonds is 6. The number of hydrogen-bond donors (Lipinski definition) is 3. The molecule has 0 heterocycles. The van der Waals surface area contributed by atoms with E-state index in [0.717, 1.165) is 5.56 Å². The summed E-state index contributed by atoms with van der Waals surface area (Å²) in [7, 11) is 1.53. The van der Waals surface area contributed by atoms with Crippen LogP contribution in [0, 0.1) is 5.92 Å². The fourth-order valence-electron chi connectivity index (χ4n) is 2.68. The van der Waals surface area contributed by atoms with E-state index in [4.69, 9.17) is 4.74 Å². The number of carbonyl (C=O) groups is 2. The van der Waals surface area contributed by atoms with E-state index in [2.05, 4.69) is 29.8 Å². The van der Waals surface area contributed by atoms with Crippen molar-refractivity contribution in [3.8, 4) is 5.75 Å². The number of ether oxygens (including phenoxy) is 1. The summed E-state index contributed by atoms with van der Waals surface area (Å²) in [5, 5.41) is 8.49. The van der Waals surface area contributed by atoms with Crippen LogP contribution in [0.1, 0.15) is 32.4 Å². The molecular weight excluding hydrogens is 330 g/mol. The van der Waals surface area contributed by atoms with E-state index in [1.807, 2.05) is 30.3 Å². The molecular formula is C20H25N3O3. The van der Waals surface area contributed by atoms with Crippen LogP contribution in [0.4, 0.5) is 16.2 Å². The average molecular weight is 355 g/mol. The first-order valence-electron chi connectivity index (χ1n) is 8.48. The molecule has 0 radical (unpaired) electrons. The Morgan fingerprint density at radius 2 is 1.69 bits per heavy atom. The van der Waals surface area contributed by atoms with Crippen molar-refractivity contribution in [1.82, 2.24) is 5.32 Å². The quantitative estimate of drug-likeness (QED) is 0.727. The van der Waals surface area contributed by atoms with E-state index in [1.54, 1.807) is 18.2 Å². The summed E-state index contributed by atoms with van der Waals surface area (Å²) in [6, 6.07) is 14.4. The van der Waals surface area contributed by atoms with Crippen molar-refractivity contribution in [3.05, 3.63) is 54.1 Å². The highest BCUT2D eigenvalue weighted by Gasteiger charge is 2.19. The lowest BCUT2D eigenvalue weighted by Gasteiger charge is -2.23. The Bertz CT molecular complexity index is 760. The Morgan fingerprint density at radius 3 is 2.27 bits per heavy atom. The second kappa shape index (κ2) is 8.89. The zero-order valence-electron chi connectivity index (χ0n) is 15.5. The first kappa shape index (κ1) is 19.3. The highest BCUT2D eigenvalue weighted by atomic mass is 16.5. The zero-order chi connectivity index (χ0) is 19.1. The Hall–Kier alpha value is -3.02. The molecule has 26 heavy (non-hydrogen) atoms. The molecule has 0 fully saturated rings. The third kappa shape index (κ3) is 5.24. The fourth-order valence-corrected chi connectivity index (χ4v) is 2.68. The van der Waals surface area contributed by atoms with Crippen molar-refractivity contribution in [2.24, 2.45) is 5.92 Å². The molecule has 0 spiro atoms. The molecule has 2 rings (SSSR count). The van der Waals surface area contributed by atoms with Crippen molar-refractivity contribution >= 4 is 23.3 Å². The summed E-state index contributed by atoms with van der Waals surface area (Å²) in [5.41, 5.74) is 2.10. The predicted octanol–water partition coefficient (Wildman–Crippen LogP) is 4.17. The van der Waals surface area contributed by atoms with E-state index < -0.39 is 0 Å². The summed E-state index contributed by atoms with van der Waals surface area (Å²) in [6.45, 7) is 5.53. The minimum atomic E-state index is -0.342. The zero-order valence-corrected chi connectivity index (χ0v) is 15.5.